The van der Waals surface area contributed by atoms with E-state index in [0.29, 0.717) is 6.42 Å². The number of para-hydroxylation sites is 1. The van der Waals surface area contributed by atoms with Gasteiger partial charge in [-0.05, 0) is 18.6 Å². The molecule has 1 amide bonds. The lowest BCUT2D eigenvalue weighted by Crippen LogP contribution is -2.12. The van der Waals surface area contributed by atoms with E-state index < -0.39 is 17.6 Å². The van der Waals surface area contributed by atoms with E-state index in [9.17, 15) is 14.7 Å². The van der Waals surface area contributed by atoms with Gasteiger partial charge < -0.3 is 15.6 Å². The highest BCUT2D eigenvalue weighted by atomic mass is 16.5. The zero-order valence-electron chi connectivity index (χ0n) is 8.90. The van der Waals surface area contributed by atoms with E-state index in [1.807, 2.05) is 6.92 Å². The lowest BCUT2D eigenvalue weighted by molar-refractivity contribution is -0.134. The summed E-state index contributed by atoms with van der Waals surface area (Å²) in [5.41, 5.74) is 4.97. The summed E-state index contributed by atoms with van der Waals surface area (Å²) in [7, 11) is 0. The fraction of sp³-hybridized carbons (Fsp3) is 0.273. The maximum absolute atomic E-state index is 11.2. The van der Waals surface area contributed by atoms with E-state index in [2.05, 4.69) is 0 Å². The zero-order valence-corrected chi connectivity index (χ0v) is 8.90. The molecule has 0 bridgehead atoms. The molecule has 1 rings (SSSR count). The Labute approximate surface area is 92.8 Å². The maximum Gasteiger partial charge on any atom is 0.311 e. The van der Waals surface area contributed by atoms with Crippen LogP contribution in [-0.2, 0) is 4.79 Å². The minimum absolute atomic E-state index is 0.0465. The van der Waals surface area contributed by atoms with Gasteiger partial charge in [-0.25, -0.2) is 0 Å². The van der Waals surface area contributed by atoms with Crippen molar-refractivity contribution in [2.45, 2.75) is 19.8 Å². The van der Waals surface area contributed by atoms with Gasteiger partial charge in [-0.3, -0.25) is 9.59 Å². The molecule has 1 aromatic carbocycles. The average Bonchev–Trinajstić information content (AvgIpc) is 2.21. The van der Waals surface area contributed by atoms with E-state index in [1.54, 1.807) is 0 Å². The van der Waals surface area contributed by atoms with Gasteiger partial charge in [0.25, 0.3) is 5.91 Å². The van der Waals surface area contributed by atoms with E-state index in [0.717, 1.165) is 0 Å². The number of benzene rings is 1. The molecular formula is C11H13NO4. The van der Waals surface area contributed by atoms with Crippen molar-refractivity contribution in [2.75, 3.05) is 0 Å². The van der Waals surface area contributed by atoms with Crippen molar-refractivity contribution in [3.05, 3.63) is 23.8 Å². The first-order valence-corrected chi connectivity index (χ1v) is 4.88. The molecule has 0 saturated heterocycles. The molecule has 0 aliphatic heterocycles. The first-order chi connectivity index (χ1) is 7.56. The SMILES string of the molecule is CCCC(=O)Oc1cccc(C(N)=O)c1O. The normalized spacial score (nSPS) is 9.81. The Morgan fingerprint density at radius 1 is 1.44 bits per heavy atom. The highest BCUT2D eigenvalue weighted by Crippen LogP contribution is 2.29. The van der Waals surface area contributed by atoms with Crippen LogP contribution in [0.4, 0.5) is 0 Å². The van der Waals surface area contributed by atoms with Crippen molar-refractivity contribution in [3.63, 3.8) is 0 Å². The molecule has 5 heteroatoms. The molecule has 0 saturated carbocycles. The van der Waals surface area contributed by atoms with Crippen LogP contribution < -0.4 is 10.5 Å². The lowest BCUT2D eigenvalue weighted by Gasteiger charge is -2.07. The molecule has 0 heterocycles. The van der Waals surface area contributed by atoms with Crippen molar-refractivity contribution >= 4 is 11.9 Å². The maximum atomic E-state index is 11.2. The lowest BCUT2D eigenvalue weighted by atomic mass is 10.2. The average molecular weight is 223 g/mol. The Morgan fingerprint density at radius 3 is 2.69 bits per heavy atom. The first kappa shape index (κ1) is 12.0. The van der Waals surface area contributed by atoms with Crippen molar-refractivity contribution in [2.24, 2.45) is 5.73 Å². The van der Waals surface area contributed by atoms with Gasteiger partial charge in [0.15, 0.2) is 11.5 Å². The van der Waals surface area contributed by atoms with E-state index in [-0.39, 0.29) is 17.7 Å². The highest BCUT2D eigenvalue weighted by molar-refractivity contribution is 5.96. The molecule has 0 aromatic heterocycles. The monoisotopic (exact) mass is 223 g/mol. The summed E-state index contributed by atoms with van der Waals surface area (Å²) >= 11 is 0. The quantitative estimate of drug-likeness (QED) is 0.592. The molecule has 86 valence electrons. The number of nitrogens with two attached hydrogens (primary N) is 1. The van der Waals surface area contributed by atoms with Crippen LogP contribution in [0.15, 0.2) is 18.2 Å². The molecule has 0 unspecified atom stereocenters. The van der Waals surface area contributed by atoms with Crippen LogP contribution in [0.25, 0.3) is 0 Å². The van der Waals surface area contributed by atoms with Gasteiger partial charge in [0.1, 0.15) is 0 Å². The summed E-state index contributed by atoms with van der Waals surface area (Å²) in [5, 5.41) is 9.60. The van der Waals surface area contributed by atoms with Gasteiger partial charge in [0.05, 0.1) is 5.56 Å². The van der Waals surface area contributed by atoms with E-state index >= 15 is 0 Å². The Hall–Kier alpha value is -2.04. The predicted molar refractivity (Wildman–Crippen MR) is 57.2 cm³/mol. The number of ether oxygens (including phenoxy) is 1. The van der Waals surface area contributed by atoms with Crippen LogP contribution in [0, 0.1) is 0 Å². The number of aromatic hydroxyl groups is 1. The van der Waals surface area contributed by atoms with Gasteiger partial charge in [-0.2, -0.15) is 0 Å². The van der Waals surface area contributed by atoms with Crippen LogP contribution in [0.5, 0.6) is 11.5 Å². The van der Waals surface area contributed by atoms with Crippen LogP contribution >= 0.6 is 0 Å². The molecule has 0 radical (unpaired) electrons. The number of esters is 1. The number of hydrogen-bond donors (Lipinski definition) is 2. The summed E-state index contributed by atoms with van der Waals surface area (Å²) in [6, 6.07) is 4.23. The van der Waals surface area contributed by atoms with Gasteiger partial charge in [0.2, 0.25) is 0 Å². The Kier molecular flexibility index (Phi) is 3.88. The molecule has 0 aliphatic rings. The largest absolute Gasteiger partial charge is 0.504 e. The van der Waals surface area contributed by atoms with Crippen molar-refractivity contribution in [3.8, 4) is 11.5 Å². The second-order valence-corrected chi connectivity index (χ2v) is 3.24. The number of primary amides is 1. The summed E-state index contributed by atoms with van der Waals surface area (Å²) in [6.07, 6.45) is 0.898. The fourth-order valence-electron chi connectivity index (χ4n) is 1.18. The minimum Gasteiger partial charge on any atom is -0.504 e. The number of hydrogen-bond acceptors (Lipinski definition) is 4. The Bertz CT molecular complexity index is 414. The van der Waals surface area contributed by atoms with Crippen LogP contribution in [0.2, 0.25) is 0 Å². The number of carbonyl (C=O) groups is 2. The van der Waals surface area contributed by atoms with Gasteiger partial charge in [-0.15, -0.1) is 0 Å². The predicted octanol–water partition coefficient (Wildman–Crippen LogP) is 1.20. The first-order valence-electron chi connectivity index (χ1n) is 4.88. The van der Waals surface area contributed by atoms with Gasteiger partial charge in [-0.1, -0.05) is 13.0 Å². The third-order valence-corrected chi connectivity index (χ3v) is 1.94. The highest BCUT2D eigenvalue weighted by Gasteiger charge is 2.14. The van der Waals surface area contributed by atoms with Crippen molar-refractivity contribution in [1.82, 2.24) is 0 Å². The second kappa shape index (κ2) is 5.16. The number of phenols is 1. The van der Waals surface area contributed by atoms with Crippen molar-refractivity contribution < 1.29 is 19.4 Å². The standard InChI is InChI=1S/C11H13NO4/c1-2-4-9(13)16-8-6-3-5-7(10(8)14)11(12)15/h3,5-6,14H,2,4H2,1H3,(H2,12,15). The second-order valence-electron chi connectivity index (χ2n) is 3.24. The third kappa shape index (κ3) is 2.73. The zero-order chi connectivity index (χ0) is 12.1. The number of rotatable bonds is 4. The van der Waals surface area contributed by atoms with Crippen LogP contribution in [0.3, 0.4) is 0 Å². The fourth-order valence-corrected chi connectivity index (χ4v) is 1.18. The summed E-state index contributed by atoms with van der Waals surface area (Å²) in [5.74, 6) is -1.68. The van der Waals surface area contributed by atoms with E-state index in [4.69, 9.17) is 10.5 Å². The Morgan fingerprint density at radius 2 is 2.12 bits per heavy atom. The summed E-state index contributed by atoms with van der Waals surface area (Å²) in [4.78, 5) is 22.1. The molecule has 0 aliphatic carbocycles. The third-order valence-electron chi connectivity index (χ3n) is 1.94. The smallest absolute Gasteiger partial charge is 0.311 e. The molecule has 0 spiro atoms. The van der Waals surface area contributed by atoms with E-state index in [1.165, 1.54) is 18.2 Å². The molecular weight excluding hydrogens is 210 g/mol. The minimum atomic E-state index is -0.772. The molecule has 16 heavy (non-hydrogen) atoms. The number of amides is 1. The summed E-state index contributed by atoms with van der Waals surface area (Å²) in [6.45, 7) is 1.83. The van der Waals surface area contributed by atoms with Gasteiger partial charge in [0, 0.05) is 6.42 Å². The van der Waals surface area contributed by atoms with Gasteiger partial charge >= 0.3 is 5.97 Å². The van der Waals surface area contributed by atoms with Crippen LogP contribution in [-0.4, -0.2) is 17.0 Å². The topological polar surface area (TPSA) is 89.6 Å². The Balaban J connectivity index is 2.93. The van der Waals surface area contributed by atoms with Crippen molar-refractivity contribution in [1.29, 1.82) is 0 Å². The molecule has 5 nitrogen and oxygen atoms in total. The summed E-state index contributed by atoms with van der Waals surface area (Å²) < 4.78 is 4.88. The molecule has 0 atom stereocenters. The molecule has 0 fully saturated rings. The van der Waals surface area contributed by atoms with Crippen LogP contribution in [0.1, 0.15) is 30.1 Å². The molecule has 1 aromatic rings. The molecule has 3 N–H and O–H groups in total. The number of carbonyl (C=O) groups excluding carboxylic acids is 2.